The van der Waals surface area contributed by atoms with Crippen molar-refractivity contribution in [2.24, 2.45) is 0 Å². The van der Waals surface area contributed by atoms with Crippen LogP contribution in [0.5, 0.6) is 0 Å². The van der Waals surface area contributed by atoms with Crippen LogP contribution in [0.1, 0.15) is 19.4 Å². The lowest BCUT2D eigenvalue weighted by Gasteiger charge is -2.18. The van der Waals surface area contributed by atoms with E-state index in [0.29, 0.717) is 18.1 Å². The maximum atomic E-state index is 11.7. The van der Waals surface area contributed by atoms with Crippen LogP contribution < -0.4 is 5.32 Å². The van der Waals surface area contributed by atoms with Gasteiger partial charge in [0, 0.05) is 18.1 Å². The van der Waals surface area contributed by atoms with E-state index in [1.165, 1.54) is 0 Å². The van der Waals surface area contributed by atoms with Gasteiger partial charge in [-0.1, -0.05) is 23.7 Å². The standard InChI is InChI=1S/C14H19ClN2O2/c1-3-17(4-2)14(19)10-16-13(18)9-11-5-7-12(15)8-6-11/h5-8H,3-4,9-10H2,1-2H3,(H,16,18). The summed E-state index contributed by atoms with van der Waals surface area (Å²) in [7, 11) is 0. The molecule has 1 rings (SSSR count). The first-order valence-corrected chi connectivity index (χ1v) is 6.73. The molecule has 0 unspecified atom stereocenters. The molecular formula is C14H19ClN2O2. The second-order valence-electron chi connectivity index (χ2n) is 4.15. The average molecular weight is 283 g/mol. The van der Waals surface area contributed by atoms with Gasteiger partial charge in [-0.2, -0.15) is 0 Å². The first-order chi connectivity index (χ1) is 9.06. The number of hydrogen-bond donors (Lipinski definition) is 1. The van der Waals surface area contributed by atoms with Crippen LogP contribution in [0.15, 0.2) is 24.3 Å². The summed E-state index contributed by atoms with van der Waals surface area (Å²) in [5.74, 6) is -0.225. The van der Waals surface area contributed by atoms with Crippen molar-refractivity contribution in [1.82, 2.24) is 10.2 Å². The molecule has 0 aliphatic carbocycles. The van der Waals surface area contributed by atoms with Crippen molar-refractivity contribution in [1.29, 1.82) is 0 Å². The van der Waals surface area contributed by atoms with Crippen LogP contribution in [-0.4, -0.2) is 36.3 Å². The molecule has 0 aliphatic rings. The van der Waals surface area contributed by atoms with Gasteiger partial charge in [0.1, 0.15) is 0 Å². The minimum atomic E-state index is -0.164. The maximum Gasteiger partial charge on any atom is 0.241 e. The Morgan fingerprint density at radius 3 is 2.26 bits per heavy atom. The van der Waals surface area contributed by atoms with Gasteiger partial charge in [0.05, 0.1) is 13.0 Å². The number of rotatable bonds is 6. The minimum Gasteiger partial charge on any atom is -0.347 e. The van der Waals surface area contributed by atoms with Gasteiger partial charge in [0.2, 0.25) is 11.8 Å². The van der Waals surface area contributed by atoms with E-state index in [1.807, 2.05) is 13.8 Å². The molecule has 2 amide bonds. The molecule has 1 aromatic carbocycles. The Morgan fingerprint density at radius 1 is 1.16 bits per heavy atom. The maximum absolute atomic E-state index is 11.7. The molecule has 1 N–H and O–H groups in total. The zero-order valence-corrected chi connectivity index (χ0v) is 12.0. The predicted octanol–water partition coefficient (Wildman–Crippen LogP) is 1.87. The number of carbonyl (C=O) groups is 2. The van der Waals surface area contributed by atoms with E-state index in [2.05, 4.69) is 5.32 Å². The van der Waals surface area contributed by atoms with Crippen molar-refractivity contribution in [2.75, 3.05) is 19.6 Å². The number of nitrogens with zero attached hydrogens (tertiary/aromatic N) is 1. The molecule has 4 nitrogen and oxygen atoms in total. The average Bonchev–Trinajstić information content (AvgIpc) is 2.40. The van der Waals surface area contributed by atoms with Crippen molar-refractivity contribution in [3.63, 3.8) is 0 Å². The van der Waals surface area contributed by atoms with Crippen LogP contribution in [0.25, 0.3) is 0 Å². The molecule has 0 fully saturated rings. The molecular weight excluding hydrogens is 264 g/mol. The van der Waals surface area contributed by atoms with E-state index in [9.17, 15) is 9.59 Å². The fraction of sp³-hybridized carbons (Fsp3) is 0.429. The number of carbonyl (C=O) groups excluding carboxylic acids is 2. The predicted molar refractivity (Wildman–Crippen MR) is 76.1 cm³/mol. The molecule has 0 atom stereocenters. The smallest absolute Gasteiger partial charge is 0.241 e. The second-order valence-corrected chi connectivity index (χ2v) is 4.58. The first-order valence-electron chi connectivity index (χ1n) is 6.35. The van der Waals surface area contributed by atoms with E-state index in [1.54, 1.807) is 29.2 Å². The van der Waals surface area contributed by atoms with Crippen molar-refractivity contribution >= 4 is 23.4 Å². The third-order valence-electron chi connectivity index (χ3n) is 2.83. The Morgan fingerprint density at radius 2 is 1.74 bits per heavy atom. The summed E-state index contributed by atoms with van der Waals surface area (Å²) in [4.78, 5) is 25.1. The van der Waals surface area contributed by atoms with Gasteiger partial charge in [0.15, 0.2) is 0 Å². The summed E-state index contributed by atoms with van der Waals surface area (Å²) in [5, 5.41) is 3.27. The van der Waals surface area contributed by atoms with Crippen LogP contribution in [0.2, 0.25) is 5.02 Å². The molecule has 19 heavy (non-hydrogen) atoms. The fourth-order valence-electron chi connectivity index (χ4n) is 1.71. The van der Waals surface area contributed by atoms with Gasteiger partial charge in [0.25, 0.3) is 0 Å². The van der Waals surface area contributed by atoms with E-state index in [0.717, 1.165) is 5.56 Å². The number of halogens is 1. The third-order valence-corrected chi connectivity index (χ3v) is 3.08. The highest BCUT2D eigenvalue weighted by Gasteiger charge is 2.11. The second kappa shape index (κ2) is 7.79. The molecule has 0 heterocycles. The SMILES string of the molecule is CCN(CC)C(=O)CNC(=O)Cc1ccc(Cl)cc1. The van der Waals surface area contributed by atoms with Gasteiger partial charge < -0.3 is 10.2 Å². The Labute approximate surface area is 118 Å². The summed E-state index contributed by atoms with van der Waals surface area (Å²) >= 11 is 5.77. The van der Waals surface area contributed by atoms with Crippen molar-refractivity contribution in [2.45, 2.75) is 20.3 Å². The normalized spacial score (nSPS) is 10.1. The lowest BCUT2D eigenvalue weighted by atomic mass is 10.1. The van der Waals surface area contributed by atoms with Crippen LogP contribution in [0.4, 0.5) is 0 Å². The molecule has 0 saturated heterocycles. The van der Waals surface area contributed by atoms with E-state index in [-0.39, 0.29) is 24.8 Å². The number of nitrogens with one attached hydrogen (secondary N) is 1. The van der Waals surface area contributed by atoms with Crippen LogP contribution in [-0.2, 0) is 16.0 Å². The van der Waals surface area contributed by atoms with E-state index in [4.69, 9.17) is 11.6 Å². The first kappa shape index (κ1) is 15.5. The summed E-state index contributed by atoms with van der Waals surface area (Å²) in [6.45, 7) is 5.19. The van der Waals surface area contributed by atoms with Crippen molar-refractivity contribution < 1.29 is 9.59 Å². The Balaban J connectivity index is 2.39. The molecule has 0 spiro atoms. The quantitative estimate of drug-likeness (QED) is 0.866. The summed E-state index contributed by atoms with van der Waals surface area (Å²) < 4.78 is 0. The van der Waals surface area contributed by atoms with Gasteiger partial charge in [-0.3, -0.25) is 9.59 Å². The van der Waals surface area contributed by atoms with Crippen LogP contribution in [0.3, 0.4) is 0 Å². The lowest BCUT2D eigenvalue weighted by Crippen LogP contribution is -2.40. The third kappa shape index (κ3) is 5.30. The Hall–Kier alpha value is -1.55. The zero-order chi connectivity index (χ0) is 14.3. The van der Waals surface area contributed by atoms with E-state index >= 15 is 0 Å². The number of hydrogen-bond acceptors (Lipinski definition) is 2. The molecule has 5 heteroatoms. The summed E-state index contributed by atoms with van der Waals surface area (Å²) in [5.41, 5.74) is 0.872. The highest BCUT2D eigenvalue weighted by molar-refractivity contribution is 6.30. The Bertz CT molecular complexity index is 428. The largest absolute Gasteiger partial charge is 0.347 e. The van der Waals surface area contributed by atoms with Crippen LogP contribution in [0, 0.1) is 0 Å². The summed E-state index contributed by atoms with van der Waals surface area (Å²) in [6, 6.07) is 7.08. The lowest BCUT2D eigenvalue weighted by molar-refractivity contribution is -0.132. The molecule has 1 aromatic rings. The fourth-order valence-corrected chi connectivity index (χ4v) is 1.84. The zero-order valence-electron chi connectivity index (χ0n) is 11.3. The molecule has 0 aromatic heterocycles. The summed E-state index contributed by atoms with van der Waals surface area (Å²) in [6.07, 6.45) is 0.253. The van der Waals surface area contributed by atoms with Gasteiger partial charge in [-0.15, -0.1) is 0 Å². The minimum absolute atomic E-state index is 0.0497. The van der Waals surface area contributed by atoms with Crippen molar-refractivity contribution in [3.8, 4) is 0 Å². The Kier molecular flexibility index (Phi) is 6.36. The highest BCUT2D eigenvalue weighted by Crippen LogP contribution is 2.09. The molecule has 0 bridgehead atoms. The molecule has 104 valence electrons. The van der Waals surface area contributed by atoms with E-state index < -0.39 is 0 Å². The molecule has 0 radical (unpaired) electrons. The van der Waals surface area contributed by atoms with Gasteiger partial charge >= 0.3 is 0 Å². The highest BCUT2D eigenvalue weighted by atomic mass is 35.5. The van der Waals surface area contributed by atoms with Gasteiger partial charge in [-0.25, -0.2) is 0 Å². The topological polar surface area (TPSA) is 49.4 Å². The molecule has 0 aliphatic heterocycles. The monoisotopic (exact) mass is 282 g/mol. The number of likely N-dealkylation sites (N-methyl/N-ethyl adjacent to an activating group) is 1. The number of amides is 2. The van der Waals surface area contributed by atoms with Gasteiger partial charge in [-0.05, 0) is 31.5 Å². The molecule has 0 saturated carbocycles. The number of benzene rings is 1. The van der Waals surface area contributed by atoms with Crippen molar-refractivity contribution in [3.05, 3.63) is 34.9 Å². The van der Waals surface area contributed by atoms with Crippen LogP contribution >= 0.6 is 11.6 Å².